The molecule has 1 unspecified atom stereocenters. The molecule has 1 heterocycles. The minimum absolute atomic E-state index is 0.169. The predicted octanol–water partition coefficient (Wildman–Crippen LogP) is 3.46. The van der Waals surface area contributed by atoms with Crippen molar-refractivity contribution < 1.29 is 9.18 Å². The van der Waals surface area contributed by atoms with E-state index >= 15 is 0 Å². The first-order valence-corrected chi connectivity index (χ1v) is 7.90. The lowest BCUT2D eigenvalue weighted by Crippen LogP contribution is -2.49. The molecule has 1 aromatic rings. The third-order valence-electron chi connectivity index (χ3n) is 4.10. The van der Waals surface area contributed by atoms with E-state index in [1.165, 1.54) is 12.1 Å². The molecule has 0 spiro atoms. The summed E-state index contributed by atoms with van der Waals surface area (Å²) in [6.45, 7) is 9.44. The number of anilines is 1. The third kappa shape index (κ3) is 4.98. The van der Waals surface area contributed by atoms with Gasteiger partial charge in [0.25, 0.3) is 0 Å². The summed E-state index contributed by atoms with van der Waals surface area (Å²) in [7, 11) is 0. The van der Waals surface area contributed by atoms with Crippen LogP contribution in [0.3, 0.4) is 0 Å². The summed E-state index contributed by atoms with van der Waals surface area (Å²) in [6.07, 6.45) is 2.29. The van der Waals surface area contributed by atoms with Gasteiger partial charge >= 0.3 is 6.03 Å². The van der Waals surface area contributed by atoms with E-state index in [1.54, 1.807) is 12.1 Å². The molecule has 0 aromatic heterocycles. The zero-order valence-electron chi connectivity index (χ0n) is 13.7. The van der Waals surface area contributed by atoms with Crippen LogP contribution in [0, 0.1) is 11.7 Å². The van der Waals surface area contributed by atoms with Crippen molar-refractivity contribution >= 4 is 11.7 Å². The Morgan fingerprint density at radius 3 is 2.86 bits per heavy atom. The van der Waals surface area contributed by atoms with Crippen LogP contribution in [0.2, 0.25) is 0 Å². The number of carbonyl (C=O) groups is 1. The van der Waals surface area contributed by atoms with E-state index in [2.05, 4.69) is 36.3 Å². The Morgan fingerprint density at radius 1 is 1.41 bits per heavy atom. The number of halogens is 1. The molecule has 0 aliphatic carbocycles. The number of carbonyl (C=O) groups excluding carboxylic acids is 1. The lowest BCUT2D eigenvalue weighted by Gasteiger charge is -2.41. The molecule has 0 saturated carbocycles. The van der Waals surface area contributed by atoms with E-state index in [1.807, 2.05) is 0 Å². The number of nitrogens with zero attached hydrogens (tertiary/aromatic N) is 1. The Bertz CT molecular complexity index is 513. The first kappa shape index (κ1) is 16.7. The van der Waals surface area contributed by atoms with Crippen LogP contribution in [-0.2, 0) is 0 Å². The molecule has 1 saturated heterocycles. The van der Waals surface area contributed by atoms with Crippen molar-refractivity contribution in [3.8, 4) is 0 Å². The van der Waals surface area contributed by atoms with Gasteiger partial charge in [-0.15, -0.1) is 0 Å². The van der Waals surface area contributed by atoms with Crippen LogP contribution >= 0.6 is 0 Å². The Kier molecular flexibility index (Phi) is 5.40. The summed E-state index contributed by atoms with van der Waals surface area (Å²) >= 11 is 0. The van der Waals surface area contributed by atoms with E-state index in [9.17, 15) is 9.18 Å². The van der Waals surface area contributed by atoms with Crippen molar-refractivity contribution in [3.63, 3.8) is 0 Å². The van der Waals surface area contributed by atoms with Crippen molar-refractivity contribution in [2.24, 2.45) is 5.92 Å². The second-order valence-corrected chi connectivity index (χ2v) is 6.97. The molecule has 4 nitrogen and oxygen atoms in total. The average Bonchev–Trinajstić information content (AvgIpc) is 2.45. The van der Waals surface area contributed by atoms with Gasteiger partial charge in [0.05, 0.1) is 0 Å². The molecule has 2 amide bonds. The van der Waals surface area contributed by atoms with Gasteiger partial charge < -0.3 is 10.6 Å². The number of rotatable bonds is 3. The highest BCUT2D eigenvalue weighted by Crippen LogP contribution is 2.23. The molecule has 1 atom stereocenters. The van der Waals surface area contributed by atoms with Gasteiger partial charge in [0.2, 0.25) is 0 Å². The van der Waals surface area contributed by atoms with Crippen molar-refractivity contribution in [2.45, 2.75) is 39.2 Å². The van der Waals surface area contributed by atoms with E-state index in [-0.39, 0.29) is 17.4 Å². The van der Waals surface area contributed by atoms with E-state index in [0.717, 1.165) is 25.9 Å². The molecule has 1 fully saturated rings. The molecule has 122 valence electrons. The van der Waals surface area contributed by atoms with Gasteiger partial charge in [0, 0.05) is 24.3 Å². The van der Waals surface area contributed by atoms with Crippen LogP contribution in [0.15, 0.2) is 24.3 Å². The van der Waals surface area contributed by atoms with Crippen molar-refractivity contribution in [1.82, 2.24) is 10.2 Å². The molecule has 2 N–H and O–H groups in total. The fourth-order valence-corrected chi connectivity index (χ4v) is 2.82. The smallest absolute Gasteiger partial charge is 0.319 e. The number of likely N-dealkylation sites (tertiary alicyclic amines) is 1. The largest absolute Gasteiger partial charge is 0.338 e. The third-order valence-corrected chi connectivity index (χ3v) is 4.10. The Balaban J connectivity index is 1.78. The van der Waals surface area contributed by atoms with Gasteiger partial charge in [-0.05, 0) is 64.3 Å². The number of nitrogens with one attached hydrogen (secondary N) is 2. The first-order valence-electron chi connectivity index (χ1n) is 7.90. The van der Waals surface area contributed by atoms with Gasteiger partial charge in [0.1, 0.15) is 5.82 Å². The monoisotopic (exact) mass is 307 g/mol. The molecule has 22 heavy (non-hydrogen) atoms. The van der Waals surface area contributed by atoms with E-state index < -0.39 is 0 Å². The Hall–Kier alpha value is -1.62. The second-order valence-electron chi connectivity index (χ2n) is 6.97. The number of amides is 2. The summed E-state index contributed by atoms with van der Waals surface area (Å²) < 4.78 is 13.1. The zero-order valence-corrected chi connectivity index (χ0v) is 13.7. The molecule has 1 aliphatic rings. The molecule has 0 bridgehead atoms. The van der Waals surface area contributed by atoms with Crippen LogP contribution in [0.5, 0.6) is 0 Å². The molecule has 2 rings (SSSR count). The standard InChI is InChI=1S/C17H26FN3O/c1-17(2,3)21-9-5-6-13(12-21)11-19-16(22)20-15-8-4-7-14(18)10-15/h4,7-8,10,13H,5-6,9,11-12H2,1-3H3,(H2,19,20,22). The van der Waals surface area contributed by atoms with Gasteiger partial charge in [0.15, 0.2) is 0 Å². The maximum atomic E-state index is 13.1. The minimum Gasteiger partial charge on any atom is -0.338 e. The van der Waals surface area contributed by atoms with Gasteiger partial charge in [-0.1, -0.05) is 6.07 Å². The van der Waals surface area contributed by atoms with E-state index in [4.69, 9.17) is 0 Å². The lowest BCUT2D eigenvalue weighted by atomic mass is 9.93. The Morgan fingerprint density at radius 2 is 2.18 bits per heavy atom. The highest BCUT2D eigenvalue weighted by Gasteiger charge is 2.27. The average molecular weight is 307 g/mol. The molecular formula is C17H26FN3O. The Labute approximate surface area is 132 Å². The molecular weight excluding hydrogens is 281 g/mol. The van der Waals surface area contributed by atoms with Gasteiger partial charge in [-0.25, -0.2) is 9.18 Å². The number of urea groups is 1. The second kappa shape index (κ2) is 7.09. The summed E-state index contributed by atoms with van der Waals surface area (Å²) in [5.41, 5.74) is 0.639. The maximum absolute atomic E-state index is 13.1. The van der Waals surface area contributed by atoms with Crippen molar-refractivity contribution in [3.05, 3.63) is 30.1 Å². The van der Waals surface area contributed by atoms with Crippen LogP contribution in [0.4, 0.5) is 14.9 Å². The summed E-state index contributed by atoms with van der Waals surface area (Å²) in [5.74, 6) is 0.108. The SMILES string of the molecule is CC(C)(C)N1CCCC(CNC(=O)Nc2cccc(F)c2)C1. The van der Waals surface area contributed by atoms with Crippen LogP contribution in [-0.4, -0.2) is 36.1 Å². The molecule has 0 radical (unpaired) electrons. The minimum atomic E-state index is -0.356. The number of piperidine rings is 1. The normalized spacial score (nSPS) is 19.7. The topological polar surface area (TPSA) is 44.4 Å². The van der Waals surface area contributed by atoms with Crippen LogP contribution in [0.1, 0.15) is 33.6 Å². The summed E-state index contributed by atoms with van der Waals surface area (Å²) in [4.78, 5) is 14.4. The highest BCUT2D eigenvalue weighted by atomic mass is 19.1. The van der Waals surface area contributed by atoms with Crippen LogP contribution < -0.4 is 10.6 Å². The zero-order chi connectivity index (χ0) is 16.2. The lowest BCUT2D eigenvalue weighted by molar-refractivity contribution is 0.0796. The van der Waals surface area contributed by atoms with E-state index in [0.29, 0.717) is 18.2 Å². The number of benzene rings is 1. The van der Waals surface area contributed by atoms with Gasteiger partial charge in [-0.2, -0.15) is 0 Å². The fourth-order valence-electron chi connectivity index (χ4n) is 2.82. The predicted molar refractivity (Wildman–Crippen MR) is 87.5 cm³/mol. The van der Waals surface area contributed by atoms with Crippen molar-refractivity contribution in [1.29, 1.82) is 0 Å². The first-order chi connectivity index (χ1) is 10.3. The molecule has 1 aromatic carbocycles. The quantitative estimate of drug-likeness (QED) is 0.898. The molecule has 5 heteroatoms. The fraction of sp³-hybridized carbons (Fsp3) is 0.588. The van der Waals surface area contributed by atoms with Gasteiger partial charge in [-0.3, -0.25) is 4.90 Å². The number of hydrogen-bond donors (Lipinski definition) is 2. The maximum Gasteiger partial charge on any atom is 0.319 e. The molecule has 1 aliphatic heterocycles. The van der Waals surface area contributed by atoms with Crippen LogP contribution in [0.25, 0.3) is 0 Å². The van der Waals surface area contributed by atoms with Crippen molar-refractivity contribution in [2.75, 3.05) is 25.0 Å². The number of hydrogen-bond acceptors (Lipinski definition) is 2. The highest BCUT2D eigenvalue weighted by molar-refractivity contribution is 5.89. The summed E-state index contributed by atoms with van der Waals surface area (Å²) in [6, 6.07) is 5.63. The summed E-state index contributed by atoms with van der Waals surface area (Å²) in [5, 5.41) is 5.55.